The number of hydrogen-bond donors (Lipinski definition) is 2. The van der Waals surface area contributed by atoms with Gasteiger partial charge in [0.25, 0.3) is 0 Å². The average molecular weight is 249 g/mol. The maximum atomic E-state index is 6.04. The fourth-order valence-corrected chi connectivity index (χ4v) is 1.81. The summed E-state index contributed by atoms with van der Waals surface area (Å²) in [6.45, 7) is 0.537. The minimum absolute atomic E-state index is 0.0497. The summed E-state index contributed by atoms with van der Waals surface area (Å²) in [4.78, 5) is 0. The molecule has 1 unspecified atom stereocenters. The first-order valence-corrected chi connectivity index (χ1v) is 5.32. The van der Waals surface area contributed by atoms with Crippen LogP contribution >= 0.6 is 23.2 Å². The Labute approximate surface area is 99.5 Å². The molecule has 0 saturated carbocycles. The lowest BCUT2D eigenvalue weighted by Gasteiger charge is -2.15. The molecule has 0 heterocycles. The lowest BCUT2D eigenvalue weighted by atomic mass is 10.1. The Kier molecular flexibility index (Phi) is 5.36. The molecule has 3 N–H and O–H groups in total. The number of hydrazine groups is 1. The zero-order valence-corrected chi connectivity index (χ0v) is 9.98. The standard InChI is InChI=1S/C10H14Cl2N2O/c1-15-6-9(14-13)4-7-2-3-8(11)5-10(7)12/h2-3,5,9,14H,4,6,13H2,1H3. The van der Waals surface area contributed by atoms with E-state index in [2.05, 4.69) is 5.43 Å². The fourth-order valence-electron chi connectivity index (χ4n) is 1.32. The highest BCUT2D eigenvalue weighted by Gasteiger charge is 2.09. The molecule has 0 aliphatic carbocycles. The van der Waals surface area contributed by atoms with Crippen molar-refractivity contribution in [3.63, 3.8) is 0 Å². The van der Waals surface area contributed by atoms with E-state index < -0.39 is 0 Å². The normalized spacial score (nSPS) is 12.8. The first kappa shape index (κ1) is 12.7. The minimum atomic E-state index is 0.0497. The molecular weight excluding hydrogens is 235 g/mol. The third-order valence-corrected chi connectivity index (χ3v) is 2.67. The van der Waals surface area contributed by atoms with Gasteiger partial charge in [0.1, 0.15) is 0 Å². The number of halogens is 2. The van der Waals surface area contributed by atoms with Gasteiger partial charge in [-0.3, -0.25) is 11.3 Å². The lowest BCUT2D eigenvalue weighted by molar-refractivity contribution is 0.166. The molecule has 0 amide bonds. The average Bonchev–Trinajstić information content (AvgIpc) is 2.21. The van der Waals surface area contributed by atoms with Crippen molar-refractivity contribution in [2.24, 2.45) is 5.84 Å². The highest BCUT2D eigenvalue weighted by atomic mass is 35.5. The quantitative estimate of drug-likeness (QED) is 0.620. The Morgan fingerprint density at radius 2 is 2.20 bits per heavy atom. The van der Waals surface area contributed by atoms with Crippen LogP contribution in [0.4, 0.5) is 0 Å². The summed E-state index contributed by atoms with van der Waals surface area (Å²) in [7, 11) is 1.63. The van der Waals surface area contributed by atoms with E-state index >= 15 is 0 Å². The molecule has 0 aromatic heterocycles. The maximum absolute atomic E-state index is 6.04. The van der Waals surface area contributed by atoms with Crippen LogP contribution < -0.4 is 11.3 Å². The van der Waals surface area contributed by atoms with Crippen molar-refractivity contribution in [2.45, 2.75) is 12.5 Å². The van der Waals surface area contributed by atoms with E-state index in [-0.39, 0.29) is 6.04 Å². The van der Waals surface area contributed by atoms with Gasteiger partial charge in [0.15, 0.2) is 0 Å². The molecule has 0 aliphatic rings. The molecule has 1 atom stereocenters. The predicted molar refractivity (Wildman–Crippen MR) is 63.2 cm³/mol. The minimum Gasteiger partial charge on any atom is -0.383 e. The molecular formula is C10H14Cl2N2O. The van der Waals surface area contributed by atoms with Crippen LogP contribution in [0.25, 0.3) is 0 Å². The highest BCUT2D eigenvalue weighted by Crippen LogP contribution is 2.21. The molecule has 0 saturated heterocycles. The van der Waals surface area contributed by atoms with E-state index in [1.807, 2.05) is 12.1 Å². The number of hydrogen-bond acceptors (Lipinski definition) is 3. The molecule has 0 fully saturated rings. The van der Waals surface area contributed by atoms with E-state index in [9.17, 15) is 0 Å². The zero-order chi connectivity index (χ0) is 11.3. The van der Waals surface area contributed by atoms with Crippen LogP contribution in [-0.2, 0) is 11.2 Å². The van der Waals surface area contributed by atoms with E-state index in [0.29, 0.717) is 23.1 Å². The number of ether oxygens (including phenoxy) is 1. The van der Waals surface area contributed by atoms with Gasteiger partial charge in [-0.25, -0.2) is 0 Å². The first-order chi connectivity index (χ1) is 7.17. The van der Waals surface area contributed by atoms with Crippen molar-refractivity contribution in [1.82, 2.24) is 5.43 Å². The molecule has 1 aromatic rings. The van der Waals surface area contributed by atoms with E-state index in [1.54, 1.807) is 13.2 Å². The number of benzene rings is 1. The number of nitrogens with one attached hydrogen (secondary N) is 1. The van der Waals surface area contributed by atoms with Crippen molar-refractivity contribution in [2.75, 3.05) is 13.7 Å². The van der Waals surface area contributed by atoms with E-state index in [0.717, 1.165) is 5.56 Å². The molecule has 1 aromatic carbocycles. The number of methoxy groups -OCH3 is 1. The lowest BCUT2D eigenvalue weighted by Crippen LogP contribution is -2.40. The second kappa shape index (κ2) is 6.30. The van der Waals surface area contributed by atoms with E-state index in [1.165, 1.54) is 0 Å². The molecule has 84 valence electrons. The van der Waals surface area contributed by atoms with Gasteiger partial charge in [0.2, 0.25) is 0 Å². The highest BCUT2D eigenvalue weighted by molar-refractivity contribution is 6.35. The summed E-state index contributed by atoms with van der Waals surface area (Å²) < 4.78 is 5.02. The molecule has 0 aliphatic heterocycles. The molecule has 0 radical (unpaired) electrons. The Hall–Kier alpha value is -0.320. The van der Waals surface area contributed by atoms with Crippen LogP contribution in [0.1, 0.15) is 5.56 Å². The van der Waals surface area contributed by atoms with Gasteiger partial charge in [0, 0.05) is 23.2 Å². The SMILES string of the molecule is COCC(Cc1ccc(Cl)cc1Cl)NN. The summed E-state index contributed by atoms with van der Waals surface area (Å²) >= 11 is 11.8. The molecule has 5 heteroatoms. The summed E-state index contributed by atoms with van der Waals surface area (Å²) in [6.07, 6.45) is 0.709. The Morgan fingerprint density at radius 3 is 2.73 bits per heavy atom. The summed E-state index contributed by atoms with van der Waals surface area (Å²) in [5, 5.41) is 1.28. The van der Waals surface area contributed by atoms with Crippen molar-refractivity contribution >= 4 is 23.2 Å². The van der Waals surface area contributed by atoms with Gasteiger partial charge in [-0.05, 0) is 24.1 Å². The fraction of sp³-hybridized carbons (Fsp3) is 0.400. The monoisotopic (exact) mass is 248 g/mol. The number of rotatable bonds is 5. The van der Waals surface area contributed by atoms with Gasteiger partial charge >= 0.3 is 0 Å². The third-order valence-electron chi connectivity index (χ3n) is 2.08. The molecule has 0 bridgehead atoms. The van der Waals surface area contributed by atoms with Gasteiger partial charge < -0.3 is 4.74 Å². The van der Waals surface area contributed by atoms with Crippen molar-refractivity contribution in [1.29, 1.82) is 0 Å². The Bertz CT molecular complexity index is 320. The van der Waals surface area contributed by atoms with Gasteiger partial charge in [-0.1, -0.05) is 29.3 Å². The smallest absolute Gasteiger partial charge is 0.0632 e. The largest absolute Gasteiger partial charge is 0.383 e. The molecule has 1 rings (SSSR count). The maximum Gasteiger partial charge on any atom is 0.0632 e. The Morgan fingerprint density at radius 1 is 1.47 bits per heavy atom. The van der Waals surface area contributed by atoms with Crippen LogP contribution in [0.3, 0.4) is 0 Å². The van der Waals surface area contributed by atoms with Crippen molar-refractivity contribution in [3.8, 4) is 0 Å². The van der Waals surface area contributed by atoms with Crippen LogP contribution in [0.15, 0.2) is 18.2 Å². The second-order valence-corrected chi connectivity index (χ2v) is 4.10. The Balaban J connectivity index is 2.70. The van der Waals surface area contributed by atoms with Gasteiger partial charge in [-0.15, -0.1) is 0 Å². The van der Waals surface area contributed by atoms with Crippen molar-refractivity contribution in [3.05, 3.63) is 33.8 Å². The van der Waals surface area contributed by atoms with Gasteiger partial charge in [0.05, 0.1) is 6.61 Å². The van der Waals surface area contributed by atoms with Gasteiger partial charge in [-0.2, -0.15) is 0 Å². The zero-order valence-electron chi connectivity index (χ0n) is 8.47. The first-order valence-electron chi connectivity index (χ1n) is 4.56. The molecule has 15 heavy (non-hydrogen) atoms. The predicted octanol–water partition coefficient (Wildman–Crippen LogP) is 2.01. The van der Waals surface area contributed by atoms with Crippen molar-refractivity contribution < 1.29 is 4.74 Å². The van der Waals surface area contributed by atoms with Crippen LogP contribution in [0, 0.1) is 0 Å². The third kappa shape index (κ3) is 3.97. The summed E-state index contributed by atoms with van der Waals surface area (Å²) in [5.74, 6) is 5.39. The van der Waals surface area contributed by atoms with Crippen LogP contribution in [0.5, 0.6) is 0 Å². The molecule has 0 spiro atoms. The second-order valence-electron chi connectivity index (χ2n) is 3.26. The van der Waals surface area contributed by atoms with E-state index in [4.69, 9.17) is 33.8 Å². The topological polar surface area (TPSA) is 47.3 Å². The molecule has 3 nitrogen and oxygen atoms in total. The number of nitrogens with two attached hydrogens (primary N) is 1. The summed E-state index contributed by atoms with van der Waals surface area (Å²) in [5.41, 5.74) is 3.68. The van der Waals surface area contributed by atoms with Crippen LogP contribution in [-0.4, -0.2) is 19.8 Å². The van der Waals surface area contributed by atoms with Crippen LogP contribution in [0.2, 0.25) is 10.0 Å². The summed E-state index contributed by atoms with van der Waals surface area (Å²) in [6, 6.07) is 5.47.